The summed E-state index contributed by atoms with van der Waals surface area (Å²) in [5.74, 6) is 3.03. The second kappa shape index (κ2) is 8.35. The summed E-state index contributed by atoms with van der Waals surface area (Å²) in [7, 11) is 0. The summed E-state index contributed by atoms with van der Waals surface area (Å²) in [5.41, 5.74) is 2.82. The highest BCUT2D eigenvalue weighted by Crippen LogP contribution is 2.32. The lowest BCUT2D eigenvalue weighted by atomic mass is 9.84. The van der Waals surface area contributed by atoms with E-state index < -0.39 is 0 Å². The largest absolute Gasteiger partial charge is 0.426 e. The van der Waals surface area contributed by atoms with Crippen LogP contribution in [0.2, 0.25) is 0 Å². The van der Waals surface area contributed by atoms with Crippen LogP contribution in [-0.4, -0.2) is 12.4 Å². The van der Waals surface area contributed by atoms with Crippen molar-refractivity contribution >= 4 is 18.1 Å². The molecular weight excluding hydrogens is 326 g/mol. The summed E-state index contributed by atoms with van der Waals surface area (Å²) >= 11 is 0. The molecule has 0 aliphatic heterocycles. The van der Waals surface area contributed by atoms with Gasteiger partial charge in [0.15, 0.2) is 5.75 Å². The Morgan fingerprint density at radius 2 is 1.85 bits per heavy atom. The molecule has 0 radical (unpaired) electrons. The molecule has 4 nitrogen and oxygen atoms in total. The van der Waals surface area contributed by atoms with Gasteiger partial charge in [-0.15, -0.1) is 6.42 Å². The van der Waals surface area contributed by atoms with Crippen LogP contribution in [0.25, 0.3) is 0 Å². The summed E-state index contributed by atoms with van der Waals surface area (Å²) < 4.78 is 4.92. The molecule has 0 saturated heterocycles. The quantitative estimate of drug-likeness (QED) is 0.640. The zero-order valence-corrected chi connectivity index (χ0v) is 14.5. The number of terminal acetylenes is 1. The van der Waals surface area contributed by atoms with Crippen molar-refractivity contribution in [3.8, 4) is 18.1 Å². The van der Waals surface area contributed by atoms with Gasteiger partial charge in [0.2, 0.25) is 0 Å². The molecule has 0 bridgehead atoms. The van der Waals surface area contributed by atoms with Crippen LogP contribution in [0, 0.1) is 12.3 Å². The van der Waals surface area contributed by atoms with Gasteiger partial charge in [0.25, 0.3) is 12.4 Å². The molecule has 1 amide bonds. The molecule has 4 heteroatoms. The maximum absolute atomic E-state index is 12.5. The van der Waals surface area contributed by atoms with Crippen LogP contribution >= 0.6 is 0 Å². The average molecular weight is 347 g/mol. The van der Waals surface area contributed by atoms with Crippen LogP contribution in [0.15, 0.2) is 42.5 Å². The summed E-state index contributed by atoms with van der Waals surface area (Å²) in [6.07, 6.45) is 11.7. The third kappa shape index (κ3) is 4.12. The maximum atomic E-state index is 12.5. The van der Waals surface area contributed by atoms with Gasteiger partial charge in [-0.2, -0.15) is 0 Å². The number of carbonyl (C=O) groups excluding carboxylic acids is 2. The SMILES string of the molecule is C#Cc1ccc(NC(=O)c2ccc(C3CCCCC3)cc2)c(OC=O)c1. The number of nitrogens with one attached hydrogen (secondary N) is 1. The molecule has 1 saturated carbocycles. The van der Waals surface area contributed by atoms with Crippen LogP contribution in [0.5, 0.6) is 5.75 Å². The molecule has 2 aromatic rings. The topological polar surface area (TPSA) is 55.4 Å². The Labute approximate surface area is 153 Å². The Kier molecular flexibility index (Phi) is 5.70. The monoisotopic (exact) mass is 347 g/mol. The second-order valence-electron chi connectivity index (χ2n) is 6.48. The van der Waals surface area contributed by atoms with Crippen molar-refractivity contribution in [2.75, 3.05) is 5.32 Å². The molecule has 0 heterocycles. The molecule has 1 N–H and O–H groups in total. The van der Waals surface area contributed by atoms with Crippen LogP contribution in [0.1, 0.15) is 59.5 Å². The average Bonchev–Trinajstić information content (AvgIpc) is 2.70. The molecule has 132 valence electrons. The summed E-state index contributed by atoms with van der Waals surface area (Å²) in [6, 6.07) is 12.6. The molecule has 1 fully saturated rings. The molecule has 0 aromatic heterocycles. The first-order valence-corrected chi connectivity index (χ1v) is 8.83. The lowest BCUT2D eigenvalue weighted by Crippen LogP contribution is -2.13. The molecule has 26 heavy (non-hydrogen) atoms. The number of hydrogen-bond acceptors (Lipinski definition) is 3. The number of carbonyl (C=O) groups is 2. The highest BCUT2D eigenvalue weighted by atomic mass is 16.5. The second-order valence-corrected chi connectivity index (χ2v) is 6.48. The highest BCUT2D eigenvalue weighted by Gasteiger charge is 2.16. The van der Waals surface area contributed by atoms with E-state index in [0.717, 1.165) is 0 Å². The fourth-order valence-corrected chi connectivity index (χ4v) is 3.40. The van der Waals surface area contributed by atoms with Gasteiger partial charge in [-0.3, -0.25) is 9.59 Å². The Balaban J connectivity index is 1.73. The van der Waals surface area contributed by atoms with Crippen LogP contribution < -0.4 is 10.1 Å². The number of hydrogen-bond donors (Lipinski definition) is 1. The molecule has 0 spiro atoms. The summed E-state index contributed by atoms with van der Waals surface area (Å²) in [4.78, 5) is 23.2. The van der Waals surface area contributed by atoms with Gasteiger partial charge in [0, 0.05) is 11.1 Å². The van der Waals surface area contributed by atoms with Gasteiger partial charge in [0.1, 0.15) is 0 Å². The maximum Gasteiger partial charge on any atom is 0.298 e. The van der Waals surface area contributed by atoms with Gasteiger partial charge in [-0.25, -0.2) is 0 Å². The van der Waals surface area contributed by atoms with E-state index in [-0.39, 0.29) is 11.7 Å². The minimum absolute atomic E-state index is 0.225. The molecule has 1 aliphatic rings. The van der Waals surface area contributed by atoms with Crippen molar-refractivity contribution in [2.24, 2.45) is 0 Å². The van der Waals surface area contributed by atoms with E-state index in [1.165, 1.54) is 43.7 Å². The van der Waals surface area contributed by atoms with E-state index in [2.05, 4.69) is 11.2 Å². The van der Waals surface area contributed by atoms with Crippen LogP contribution in [-0.2, 0) is 4.79 Å². The number of benzene rings is 2. The predicted octanol–water partition coefficient (Wildman–Crippen LogP) is 4.50. The zero-order valence-electron chi connectivity index (χ0n) is 14.5. The predicted molar refractivity (Wildman–Crippen MR) is 101 cm³/mol. The standard InChI is InChI=1S/C22H21NO3/c1-2-16-8-13-20(21(14-16)26-15-24)23-22(25)19-11-9-18(10-12-19)17-6-4-3-5-7-17/h1,8-15,17H,3-7H2,(H,23,25). The Bertz CT molecular complexity index is 827. The third-order valence-electron chi connectivity index (χ3n) is 4.82. The lowest BCUT2D eigenvalue weighted by Gasteiger charge is -2.22. The molecule has 0 unspecified atom stereocenters. The van der Waals surface area contributed by atoms with E-state index in [1.807, 2.05) is 24.3 Å². The third-order valence-corrected chi connectivity index (χ3v) is 4.82. The molecule has 2 aromatic carbocycles. The van der Waals surface area contributed by atoms with Crippen molar-refractivity contribution in [3.05, 3.63) is 59.2 Å². The number of amides is 1. The van der Waals surface area contributed by atoms with Crippen molar-refractivity contribution in [1.29, 1.82) is 0 Å². The first kappa shape index (κ1) is 17.8. The van der Waals surface area contributed by atoms with E-state index in [1.54, 1.807) is 12.1 Å². The lowest BCUT2D eigenvalue weighted by molar-refractivity contribution is -0.120. The number of anilines is 1. The number of rotatable bonds is 5. The van der Waals surface area contributed by atoms with Crippen molar-refractivity contribution in [1.82, 2.24) is 0 Å². The smallest absolute Gasteiger partial charge is 0.298 e. The first-order valence-electron chi connectivity index (χ1n) is 8.83. The Morgan fingerprint density at radius 1 is 1.12 bits per heavy atom. The fourth-order valence-electron chi connectivity index (χ4n) is 3.40. The Morgan fingerprint density at radius 3 is 2.50 bits per heavy atom. The minimum Gasteiger partial charge on any atom is -0.426 e. The van der Waals surface area contributed by atoms with E-state index in [4.69, 9.17) is 11.2 Å². The van der Waals surface area contributed by atoms with E-state index in [0.29, 0.717) is 29.2 Å². The fraction of sp³-hybridized carbons (Fsp3) is 0.273. The summed E-state index contributed by atoms with van der Waals surface area (Å²) in [6.45, 7) is 0.310. The normalized spacial score (nSPS) is 14.3. The van der Waals surface area contributed by atoms with Crippen LogP contribution in [0.4, 0.5) is 5.69 Å². The molecule has 0 atom stereocenters. The van der Waals surface area contributed by atoms with Crippen molar-refractivity contribution in [2.45, 2.75) is 38.0 Å². The molecular formula is C22H21NO3. The number of ether oxygens (including phenoxy) is 1. The van der Waals surface area contributed by atoms with Crippen molar-refractivity contribution < 1.29 is 14.3 Å². The molecule has 3 rings (SSSR count). The van der Waals surface area contributed by atoms with Gasteiger partial charge in [-0.1, -0.05) is 37.3 Å². The van der Waals surface area contributed by atoms with Crippen LogP contribution in [0.3, 0.4) is 0 Å². The van der Waals surface area contributed by atoms with Crippen molar-refractivity contribution in [3.63, 3.8) is 0 Å². The minimum atomic E-state index is -0.260. The van der Waals surface area contributed by atoms with E-state index >= 15 is 0 Å². The molecule has 1 aliphatic carbocycles. The first-order chi connectivity index (χ1) is 12.7. The van der Waals surface area contributed by atoms with Gasteiger partial charge in [-0.05, 0) is 54.7 Å². The van der Waals surface area contributed by atoms with E-state index in [9.17, 15) is 9.59 Å². The highest BCUT2D eigenvalue weighted by molar-refractivity contribution is 6.05. The zero-order chi connectivity index (χ0) is 18.4. The van der Waals surface area contributed by atoms with Gasteiger partial charge < -0.3 is 10.1 Å². The van der Waals surface area contributed by atoms with Gasteiger partial charge >= 0.3 is 0 Å². The summed E-state index contributed by atoms with van der Waals surface area (Å²) in [5, 5.41) is 2.77. The Hall–Kier alpha value is -3.06. The van der Waals surface area contributed by atoms with Gasteiger partial charge in [0.05, 0.1) is 5.69 Å².